The van der Waals surface area contributed by atoms with Gasteiger partial charge >= 0.3 is 0 Å². The van der Waals surface area contributed by atoms with Crippen LogP contribution in [0.4, 0.5) is 0 Å². The number of nitrogens with two attached hydrogens (primary N) is 1. The molecule has 0 aliphatic rings. The summed E-state index contributed by atoms with van der Waals surface area (Å²) in [5.41, 5.74) is 6.88. The van der Waals surface area contributed by atoms with Gasteiger partial charge in [-0.25, -0.2) is 0 Å². The van der Waals surface area contributed by atoms with Gasteiger partial charge in [-0.3, -0.25) is 0 Å². The number of aryl methyl sites for hydroxylation is 1. The number of Topliss-reactive ketones (excluding diaryl/α,β-unsaturated/α-hetero) is 2. The van der Waals surface area contributed by atoms with Gasteiger partial charge < -0.3 is 20.1 Å². The van der Waals surface area contributed by atoms with E-state index in [0.717, 1.165) is 18.4 Å². The number of benzene rings is 1. The lowest BCUT2D eigenvalue weighted by Crippen LogP contribution is -2.28. The van der Waals surface area contributed by atoms with Gasteiger partial charge in [-0.15, -0.1) is 0 Å². The molecule has 1 aromatic rings. The molecule has 0 aliphatic heterocycles. The topological polar surface area (TPSA) is 69.4 Å². The zero-order chi connectivity index (χ0) is 16.5. The van der Waals surface area contributed by atoms with Gasteiger partial charge in [0, 0.05) is 18.9 Å². The van der Waals surface area contributed by atoms with E-state index >= 15 is 0 Å². The van der Waals surface area contributed by atoms with Crippen molar-refractivity contribution in [2.75, 3.05) is 6.61 Å². The summed E-state index contributed by atoms with van der Waals surface area (Å²) < 4.78 is 5.66. The molecule has 0 aliphatic carbocycles. The van der Waals surface area contributed by atoms with E-state index in [9.17, 15) is 9.59 Å². The van der Waals surface area contributed by atoms with Crippen LogP contribution in [-0.2, 0) is 16.0 Å². The van der Waals surface area contributed by atoms with Crippen molar-refractivity contribution >= 4 is 23.2 Å². The van der Waals surface area contributed by atoms with Crippen LogP contribution in [0.2, 0.25) is 5.02 Å². The molecule has 0 aromatic heterocycles. The Balaban J connectivity index is 2.53. The molecule has 0 radical (unpaired) electrons. The van der Waals surface area contributed by atoms with Crippen LogP contribution in [0.1, 0.15) is 45.1 Å². The molecule has 122 valence electrons. The number of ether oxygens (including phenoxy) is 1. The van der Waals surface area contributed by atoms with Crippen molar-refractivity contribution < 1.29 is 14.3 Å². The van der Waals surface area contributed by atoms with Gasteiger partial charge in [-0.2, -0.15) is 0 Å². The van der Waals surface area contributed by atoms with E-state index in [1.54, 1.807) is 19.9 Å². The van der Waals surface area contributed by atoms with Crippen LogP contribution in [0.5, 0.6) is 5.75 Å². The molecule has 2 N–H and O–H groups in total. The fourth-order valence-corrected chi connectivity index (χ4v) is 2.33. The zero-order valence-corrected chi connectivity index (χ0v) is 14.0. The number of hydrogen-bond acceptors (Lipinski definition) is 4. The fourth-order valence-electron chi connectivity index (χ4n) is 2.06. The first-order valence-corrected chi connectivity index (χ1v) is 7.92. The van der Waals surface area contributed by atoms with E-state index in [-0.39, 0.29) is 17.6 Å². The number of ketones is 2. The Morgan fingerprint density at radius 1 is 1.23 bits per heavy atom. The molecule has 0 unspecified atom stereocenters. The molecular weight excluding hydrogens is 302 g/mol. The van der Waals surface area contributed by atoms with Crippen LogP contribution in [0.25, 0.3) is 0 Å². The van der Waals surface area contributed by atoms with Gasteiger partial charge in [0.1, 0.15) is 23.9 Å². The van der Waals surface area contributed by atoms with Crippen molar-refractivity contribution in [2.45, 2.75) is 52.0 Å². The molecular formula is C17H24ClNO3. The minimum absolute atomic E-state index is 0.126. The van der Waals surface area contributed by atoms with Crippen molar-refractivity contribution in [1.82, 2.24) is 0 Å². The maximum absolute atomic E-state index is 11.0. The van der Waals surface area contributed by atoms with Crippen molar-refractivity contribution in [3.63, 3.8) is 0 Å². The number of halogens is 1. The van der Waals surface area contributed by atoms with E-state index in [1.165, 1.54) is 0 Å². The molecule has 0 bridgehead atoms. The Bertz CT molecular complexity index is 517. The highest BCUT2D eigenvalue weighted by Crippen LogP contribution is 2.29. The highest BCUT2D eigenvalue weighted by molar-refractivity contribution is 6.32. The fraction of sp³-hybridized carbons (Fsp3) is 0.529. The maximum Gasteiger partial charge on any atom is 0.138 e. The highest BCUT2D eigenvalue weighted by atomic mass is 35.5. The van der Waals surface area contributed by atoms with Gasteiger partial charge in [0.15, 0.2) is 0 Å². The molecule has 22 heavy (non-hydrogen) atoms. The zero-order valence-electron chi connectivity index (χ0n) is 13.2. The molecule has 0 spiro atoms. The number of carbonyl (C=O) groups excluding carboxylic acids is 2. The van der Waals surface area contributed by atoms with Gasteiger partial charge in [-0.1, -0.05) is 23.7 Å². The summed E-state index contributed by atoms with van der Waals surface area (Å²) in [6.07, 6.45) is 3.13. The Kier molecular flexibility index (Phi) is 8.13. The first-order valence-electron chi connectivity index (χ1n) is 7.54. The van der Waals surface area contributed by atoms with Crippen molar-refractivity contribution in [3.05, 3.63) is 28.8 Å². The quantitative estimate of drug-likeness (QED) is 0.716. The summed E-state index contributed by atoms with van der Waals surface area (Å²) in [6, 6.07) is 5.42. The monoisotopic (exact) mass is 325 g/mol. The van der Waals surface area contributed by atoms with Crippen LogP contribution in [0.15, 0.2) is 18.2 Å². The normalized spacial score (nSPS) is 12.0. The standard InChI is InChI=1S/C17H24ClNO3/c1-12(20)5-3-6-14-7-4-8-16(17(14)18)22-11-15(19)10-9-13(2)21/h4,7-8,15H,3,5-6,9-11,19H2,1-2H3/t15-/m0/s1. The molecule has 1 atom stereocenters. The SMILES string of the molecule is CC(=O)CCCc1cccc(OC[C@@H](N)CCC(C)=O)c1Cl. The van der Waals surface area contributed by atoms with Crippen LogP contribution in [0, 0.1) is 0 Å². The summed E-state index contributed by atoms with van der Waals surface area (Å²) in [5.74, 6) is 0.904. The van der Waals surface area contributed by atoms with Gasteiger partial charge in [0.25, 0.3) is 0 Å². The third kappa shape index (κ3) is 7.05. The van der Waals surface area contributed by atoms with E-state index in [2.05, 4.69) is 0 Å². The molecule has 0 saturated carbocycles. The molecule has 1 aromatic carbocycles. The second kappa shape index (κ2) is 9.59. The first-order chi connectivity index (χ1) is 10.4. The lowest BCUT2D eigenvalue weighted by molar-refractivity contribution is -0.118. The predicted molar refractivity (Wildman–Crippen MR) is 88.5 cm³/mol. The Morgan fingerprint density at radius 3 is 2.55 bits per heavy atom. The van der Waals surface area contributed by atoms with Crippen molar-refractivity contribution in [3.8, 4) is 5.75 Å². The van der Waals surface area contributed by atoms with Crippen LogP contribution >= 0.6 is 11.6 Å². The molecule has 0 amide bonds. The number of hydrogen-bond donors (Lipinski definition) is 1. The maximum atomic E-state index is 11.0. The van der Waals surface area contributed by atoms with Crippen LogP contribution in [-0.4, -0.2) is 24.2 Å². The Labute approximate surface area is 137 Å². The molecule has 0 fully saturated rings. The van der Waals surface area contributed by atoms with E-state index in [4.69, 9.17) is 22.1 Å². The summed E-state index contributed by atoms with van der Waals surface area (Å²) in [4.78, 5) is 21.9. The van der Waals surface area contributed by atoms with Gasteiger partial charge in [-0.05, 0) is 44.7 Å². The summed E-state index contributed by atoms with van der Waals surface area (Å²) in [6.45, 7) is 3.46. The highest BCUT2D eigenvalue weighted by Gasteiger charge is 2.10. The Hall–Kier alpha value is -1.39. The number of carbonyl (C=O) groups is 2. The minimum Gasteiger partial charge on any atom is -0.490 e. The third-order valence-electron chi connectivity index (χ3n) is 3.34. The Morgan fingerprint density at radius 2 is 1.91 bits per heavy atom. The average Bonchev–Trinajstić information content (AvgIpc) is 2.45. The summed E-state index contributed by atoms with van der Waals surface area (Å²) in [5, 5.41) is 0.574. The van der Waals surface area contributed by atoms with Crippen LogP contribution in [0.3, 0.4) is 0 Å². The smallest absolute Gasteiger partial charge is 0.138 e. The van der Waals surface area contributed by atoms with E-state index < -0.39 is 0 Å². The van der Waals surface area contributed by atoms with Crippen molar-refractivity contribution in [2.24, 2.45) is 5.73 Å². The average molecular weight is 326 g/mol. The van der Waals surface area contributed by atoms with Gasteiger partial charge in [0.05, 0.1) is 5.02 Å². The molecule has 0 heterocycles. The number of rotatable bonds is 10. The molecule has 5 heteroatoms. The molecule has 0 saturated heterocycles. The first kappa shape index (κ1) is 18.7. The van der Waals surface area contributed by atoms with Gasteiger partial charge in [0.2, 0.25) is 0 Å². The third-order valence-corrected chi connectivity index (χ3v) is 3.77. The van der Waals surface area contributed by atoms with E-state index in [0.29, 0.717) is 36.6 Å². The minimum atomic E-state index is -0.193. The van der Waals surface area contributed by atoms with Crippen LogP contribution < -0.4 is 10.5 Å². The van der Waals surface area contributed by atoms with E-state index in [1.807, 2.05) is 12.1 Å². The predicted octanol–water partition coefficient (Wildman–Crippen LogP) is 3.33. The largest absolute Gasteiger partial charge is 0.490 e. The summed E-state index contributed by atoms with van der Waals surface area (Å²) >= 11 is 6.33. The summed E-state index contributed by atoms with van der Waals surface area (Å²) in [7, 11) is 0. The molecule has 4 nitrogen and oxygen atoms in total. The second-order valence-electron chi connectivity index (χ2n) is 5.60. The van der Waals surface area contributed by atoms with Crippen molar-refractivity contribution in [1.29, 1.82) is 0 Å². The second-order valence-corrected chi connectivity index (χ2v) is 5.97. The lowest BCUT2D eigenvalue weighted by atomic mass is 10.1. The molecule has 1 rings (SSSR count). The lowest BCUT2D eigenvalue weighted by Gasteiger charge is -2.15.